The fourth-order valence-corrected chi connectivity index (χ4v) is 3.99. The van der Waals surface area contributed by atoms with Crippen LogP contribution in [0.2, 0.25) is 0 Å². The molecule has 22 heavy (non-hydrogen) atoms. The van der Waals surface area contributed by atoms with Gasteiger partial charge in [-0.2, -0.15) is 0 Å². The van der Waals surface area contributed by atoms with Crippen LogP contribution in [-0.2, 0) is 6.42 Å². The number of nitrogens with zero attached hydrogens (tertiary/aromatic N) is 1. The van der Waals surface area contributed by atoms with Crippen LogP contribution in [0.4, 0.5) is 5.69 Å². The Bertz CT molecular complexity index is 497. The predicted molar refractivity (Wildman–Crippen MR) is 87.0 cm³/mol. The van der Waals surface area contributed by atoms with E-state index in [4.69, 9.17) is 0 Å². The van der Waals surface area contributed by atoms with Crippen LogP contribution in [0.5, 0.6) is 0 Å². The second-order valence-corrected chi connectivity index (χ2v) is 6.53. The maximum Gasteiger partial charge on any atom is 0.269 e. The van der Waals surface area contributed by atoms with Crippen LogP contribution in [-0.4, -0.2) is 30.1 Å². The van der Waals surface area contributed by atoms with Crippen molar-refractivity contribution in [2.24, 2.45) is 5.92 Å². The van der Waals surface area contributed by atoms with Crippen LogP contribution < -0.4 is 10.6 Å². The summed E-state index contributed by atoms with van der Waals surface area (Å²) in [5, 5.41) is 18.0. The number of hydrogen-bond acceptors (Lipinski definition) is 4. The topological polar surface area (TPSA) is 67.2 Å². The van der Waals surface area contributed by atoms with Gasteiger partial charge in [-0.25, -0.2) is 0 Å². The van der Waals surface area contributed by atoms with Gasteiger partial charge in [0.25, 0.3) is 5.69 Å². The third kappa shape index (κ3) is 3.65. The van der Waals surface area contributed by atoms with Crippen molar-refractivity contribution in [2.45, 2.75) is 50.6 Å². The zero-order valence-corrected chi connectivity index (χ0v) is 13.0. The number of benzene rings is 1. The first kappa shape index (κ1) is 15.4. The van der Waals surface area contributed by atoms with Crippen molar-refractivity contribution in [1.82, 2.24) is 10.6 Å². The Labute approximate surface area is 131 Å². The quantitative estimate of drug-likeness (QED) is 0.626. The van der Waals surface area contributed by atoms with Crippen LogP contribution in [0.3, 0.4) is 0 Å². The minimum Gasteiger partial charge on any atom is -0.314 e. The molecule has 3 rings (SSSR count). The second-order valence-electron chi connectivity index (χ2n) is 6.53. The molecule has 2 fully saturated rings. The first-order chi connectivity index (χ1) is 10.7. The van der Waals surface area contributed by atoms with Gasteiger partial charge in [0.15, 0.2) is 0 Å². The van der Waals surface area contributed by atoms with E-state index >= 15 is 0 Å². The molecular formula is C17H25N3O2. The van der Waals surface area contributed by atoms with Gasteiger partial charge >= 0.3 is 0 Å². The van der Waals surface area contributed by atoms with Crippen LogP contribution in [0.15, 0.2) is 24.3 Å². The smallest absolute Gasteiger partial charge is 0.269 e. The van der Waals surface area contributed by atoms with Gasteiger partial charge in [-0.05, 0) is 56.7 Å². The molecule has 5 nitrogen and oxygen atoms in total. The van der Waals surface area contributed by atoms with Crippen molar-refractivity contribution < 1.29 is 4.92 Å². The maximum atomic E-state index is 10.6. The molecule has 0 radical (unpaired) electrons. The minimum absolute atomic E-state index is 0.167. The van der Waals surface area contributed by atoms with E-state index in [9.17, 15) is 10.1 Å². The van der Waals surface area contributed by atoms with Gasteiger partial charge < -0.3 is 10.6 Å². The Kier molecular flexibility index (Phi) is 5.05. The van der Waals surface area contributed by atoms with E-state index in [0.717, 1.165) is 24.4 Å². The summed E-state index contributed by atoms with van der Waals surface area (Å²) in [6.07, 6.45) is 7.52. The lowest BCUT2D eigenvalue weighted by atomic mass is 9.93. The summed E-state index contributed by atoms with van der Waals surface area (Å²) in [5.74, 6) is 0.777. The van der Waals surface area contributed by atoms with Crippen molar-refractivity contribution in [1.29, 1.82) is 0 Å². The Morgan fingerprint density at radius 1 is 1.18 bits per heavy atom. The summed E-state index contributed by atoms with van der Waals surface area (Å²) >= 11 is 0. The molecule has 1 saturated heterocycles. The summed E-state index contributed by atoms with van der Waals surface area (Å²) in [6.45, 7) is 2.13. The van der Waals surface area contributed by atoms with Gasteiger partial charge in [-0.15, -0.1) is 0 Å². The molecule has 1 aliphatic carbocycles. The molecule has 0 amide bonds. The molecule has 1 aromatic carbocycles. The lowest BCUT2D eigenvalue weighted by Crippen LogP contribution is -2.42. The zero-order chi connectivity index (χ0) is 15.4. The van der Waals surface area contributed by atoms with Crippen molar-refractivity contribution in [3.8, 4) is 0 Å². The Morgan fingerprint density at radius 2 is 2.00 bits per heavy atom. The third-order valence-electron chi connectivity index (χ3n) is 5.15. The van der Waals surface area contributed by atoms with Gasteiger partial charge in [-0.1, -0.05) is 18.6 Å². The average Bonchev–Trinajstić information content (AvgIpc) is 3.18. The van der Waals surface area contributed by atoms with Crippen LogP contribution in [0, 0.1) is 16.0 Å². The van der Waals surface area contributed by atoms with Crippen molar-refractivity contribution >= 4 is 5.69 Å². The highest BCUT2D eigenvalue weighted by Gasteiger charge is 2.34. The molecule has 3 unspecified atom stereocenters. The molecule has 1 aromatic rings. The number of rotatable bonds is 6. The third-order valence-corrected chi connectivity index (χ3v) is 5.15. The van der Waals surface area contributed by atoms with Gasteiger partial charge in [0, 0.05) is 24.2 Å². The molecule has 0 bridgehead atoms. The molecule has 1 saturated carbocycles. The summed E-state index contributed by atoms with van der Waals surface area (Å²) in [7, 11) is 0. The summed E-state index contributed by atoms with van der Waals surface area (Å²) in [6, 6.07) is 8.26. The van der Waals surface area contributed by atoms with E-state index in [2.05, 4.69) is 10.6 Å². The van der Waals surface area contributed by atoms with Crippen molar-refractivity contribution in [3.63, 3.8) is 0 Å². The largest absolute Gasteiger partial charge is 0.314 e. The molecule has 0 aromatic heterocycles. The van der Waals surface area contributed by atoms with Gasteiger partial charge in [0.05, 0.1) is 4.92 Å². The molecule has 120 valence electrons. The lowest BCUT2D eigenvalue weighted by Gasteiger charge is -2.26. The van der Waals surface area contributed by atoms with E-state index in [-0.39, 0.29) is 10.6 Å². The van der Waals surface area contributed by atoms with Crippen molar-refractivity contribution in [2.75, 3.05) is 13.1 Å². The lowest BCUT2D eigenvalue weighted by molar-refractivity contribution is -0.384. The molecule has 2 aliphatic rings. The van der Waals surface area contributed by atoms with Gasteiger partial charge in [0.2, 0.25) is 0 Å². The monoisotopic (exact) mass is 303 g/mol. The van der Waals surface area contributed by atoms with Crippen LogP contribution in [0.25, 0.3) is 0 Å². The SMILES string of the molecule is O=[N+]([O-])c1ccc(CCNC2CCCC2C2CCCN2)cc1. The van der Waals surface area contributed by atoms with Gasteiger partial charge in [0.1, 0.15) is 0 Å². The van der Waals surface area contributed by atoms with E-state index in [1.807, 2.05) is 12.1 Å². The molecule has 0 spiro atoms. The van der Waals surface area contributed by atoms with E-state index < -0.39 is 0 Å². The Morgan fingerprint density at radius 3 is 2.68 bits per heavy atom. The average molecular weight is 303 g/mol. The van der Waals surface area contributed by atoms with Crippen LogP contribution in [0.1, 0.15) is 37.7 Å². The molecular weight excluding hydrogens is 278 g/mol. The second kappa shape index (κ2) is 7.20. The molecule has 1 aliphatic heterocycles. The van der Waals surface area contributed by atoms with E-state index in [0.29, 0.717) is 12.1 Å². The first-order valence-electron chi connectivity index (χ1n) is 8.44. The molecule has 2 N–H and O–H groups in total. The standard InChI is InChI=1S/C17H25N3O2/c21-20(22)14-8-6-13(7-9-14)10-12-19-16-4-1-3-15(16)17-5-2-11-18-17/h6-9,15-19H,1-5,10-12H2. The zero-order valence-electron chi connectivity index (χ0n) is 13.0. The highest BCUT2D eigenvalue weighted by Crippen LogP contribution is 2.31. The first-order valence-corrected chi connectivity index (χ1v) is 8.44. The van der Waals surface area contributed by atoms with Gasteiger partial charge in [-0.3, -0.25) is 10.1 Å². The number of nitro benzene ring substituents is 1. The molecule has 5 heteroatoms. The summed E-state index contributed by atoms with van der Waals surface area (Å²) in [5.41, 5.74) is 1.33. The summed E-state index contributed by atoms with van der Waals surface area (Å²) < 4.78 is 0. The minimum atomic E-state index is -0.347. The number of nitro groups is 1. The fraction of sp³-hybridized carbons (Fsp3) is 0.647. The molecule has 1 heterocycles. The molecule has 3 atom stereocenters. The summed E-state index contributed by atoms with van der Waals surface area (Å²) in [4.78, 5) is 10.3. The van der Waals surface area contributed by atoms with Crippen LogP contribution >= 0.6 is 0 Å². The fourth-order valence-electron chi connectivity index (χ4n) is 3.99. The number of hydrogen-bond donors (Lipinski definition) is 2. The Balaban J connectivity index is 1.46. The van der Waals surface area contributed by atoms with E-state index in [1.54, 1.807) is 12.1 Å². The highest BCUT2D eigenvalue weighted by molar-refractivity contribution is 5.32. The predicted octanol–water partition coefficient (Wildman–Crippen LogP) is 2.65. The number of nitrogens with one attached hydrogen (secondary N) is 2. The highest BCUT2D eigenvalue weighted by atomic mass is 16.6. The van der Waals surface area contributed by atoms with Crippen molar-refractivity contribution in [3.05, 3.63) is 39.9 Å². The normalized spacial score (nSPS) is 28.1. The number of non-ortho nitro benzene ring substituents is 1. The maximum absolute atomic E-state index is 10.6. The van der Waals surface area contributed by atoms with E-state index in [1.165, 1.54) is 38.6 Å². The Hall–Kier alpha value is -1.46.